The maximum absolute atomic E-state index is 12.2. The van der Waals surface area contributed by atoms with Crippen molar-refractivity contribution >= 4 is 17.3 Å². The van der Waals surface area contributed by atoms with Gasteiger partial charge in [0.15, 0.2) is 11.9 Å². The van der Waals surface area contributed by atoms with Crippen LogP contribution in [0.2, 0.25) is 0 Å². The highest BCUT2D eigenvalue weighted by molar-refractivity contribution is 5.94. The predicted molar refractivity (Wildman–Crippen MR) is 87.7 cm³/mol. The van der Waals surface area contributed by atoms with E-state index in [1.54, 1.807) is 31.2 Å². The molecule has 2 aromatic rings. The average molecular weight is 325 g/mol. The molecule has 0 aliphatic rings. The lowest BCUT2D eigenvalue weighted by atomic mass is 10.2. The first kappa shape index (κ1) is 17.0. The van der Waals surface area contributed by atoms with Crippen molar-refractivity contribution in [3.63, 3.8) is 0 Å². The second kappa shape index (κ2) is 7.24. The number of nitro benzene ring substituents is 1. The van der Waals surface area contributed by atoms with Crippen molar-refractivity contribution in [3.05, 3.63) is 63.7 Å². The lowest BCUT2D eigenvalue weighted by molar-refractivity contribution is -0.386. The molecule has 0 aliphatic carbocycles. The third kappa shape index (κ3) is 4.08. The molecule has 0 fully saturated rings. The molecule has 7 nitrogen and oxygen atoms in total. The fourth-order valence-corrected chi connectivity index (χ4v) is 2.02. The van der Waals surface area contributed by atoms with Crippen LogP contribution in [0.3, 0.4) is 0 Å². The summed E-state index contributed by atoms with van der Waals surface area (Å²) in [5.74, 6) is -0.445. The molecule has 0 bridgehead atoms. The van der Waals surface area contributed by atoms with Crippen LogP contribution in [0, 0.1) is 28.4 Å². The topological polar surface area (TPSA) is 105 Å². The van der Waals surface area contributed by atoms with Gasteiger partial charge in [-0.15, -0.1) is 0 Å². The van der Waals surface area contributed by atoms with E-state index in [0.29, 0.717) is 11.3 Å². The summed E-state index contributed by atoms with van der Waals surface area (Å²) >= 11 is 0. The Labute approximate surface area is 138 Å². The summed E-state index contributed by atoms with van der Waals surface area (Å²) in [5, 5.41) is 22.5. The summed E-state index contributed by atoms with van der Waals surface area (Å²) in [6, 6.07) is 12.9. The van der Waals surface area contributed by atoms with Gasteiger partial charge in [-0.25, -0.2) is 0 Å². The molecule has 0 unspecified atom stereocenters. The molecule has 0 spiro atoms. The van der Waals surface area contributed by atoms with Crippen LogP contribution in [0.4, 0.5) is 11.4 Å². The molecule has 2 rings (SSSR count). The van der Waals surface area contributed by atoms with Crippen molar-refractivity contribution in [2.75, 3.05) is 5.32 Å². The summed E-state index contributed by atoms with van der Waals surface area (Å²) in [6.07, 6.45) is -0.947. The zero-order valence-electron chi connectivity index (χ0n) is 13.1. The van der Waals surface area contributed by atoms with Gasteiger partial charge in [-0.2, -0.15) is 5.26 Å². The molecule has 1 atom stereocenters. The Morgan fingerprint density at radius 3 is 2.75 bits per heavy atom. The largest absolute Gasteiger partial charge is 0.474 e. The molecule has 0 radical (unpaired) electrons. The molecule has 0 aromatic heterocycles. The number of aryl methyl sites for hydroxylation is 1. The number of hydrogen-bond acceptors (Lipinski definition) is 5. The monoisotopic (exact) mass is 325 g/mol. The first-order valence-corrected chi connectivity index (χ1v) is 7.13. The number of hydrogen-bond donors (Lipinski definition) is 1. The van der Waals surface area contributed by atoms with Gasteiger partial charge in [-0.1, -0.05) is 12.1 Å². The van der Waals surface area contributed by atoms with Crippen LogP contribution < -0.4 is 10.1 Å². The maximum atomic E-state index is 12.2. The van der Waals surface area contributed by atoms with Gasteiger partial charge in [0.25, 0.3) is 5.91 Å². The molecule has 0 saturated carbocycles. The molecule has 0 aliphatic heterocycles. The summed E-state index contributed by atoms with van der Waals surface area (Å²) in [7, 11) is 0. The second-order valence-electron chi connectivity index (χ2n) is 5.17. The van der Waals surface area contributed by atoms with Crippen molar-refractivity contribution < 1.29 is 14.5 Å². The van der Waals surface area contributed by atoms with Crippen LogP contribution in [-0.4, -0.2) is 16.9 Å². The number of rotatable bonds is 5. The minimum atomic E-state index is -0.947. The third-order valence-corrected chi connectivity index (χ3v) is 3.24. The highest BCUT2D eigenvalue weighted by Gasteiger charge is 2.21. The molecule has 1 amide bonds. The second-order valence-corrected chi connectivity index (χ2v) is 5.17. The Hall–Kier alpha value is -3.40. The van der Waals surface area contributed by atoms with E-state index in [-0.39, 0.29) is 11.4 Å². The lowest BCUT2D eigenvalue weighted by Crippen LogP contribution is -2.30. The molecule has 0 saturated heterocycles. The van der Waals surface area contributed by atoms with E-state index in [1.807, 2.05) is 6.07 Å². The Morgan fingerprint density at radius 2 is 2.08 bits per heavy atom. The van der Waals surface area contributed by atoms with E-state index in [0.717, 1.165) is 5.56 Å². The van der Waals surface area contributed by atoms with Crippen LogP contribution in [0.5, 0.6) is 5.75 Å². The third-order valence-electron chi connectivity index (χ3n) is 3.24. The number of nitrogens with one attached hydrogen (secondary N) is 1. The summed E-state index contributed by atoms with van der Waals surface area (Å²) in [4.78, 5) is 22.7. The molecule has 24 heavy (non-hydrogen) atoms. The fourth-order valence-electron chi connectivity index (χ4n) is 2.02. The number of amides is 1. The van der Waals surface area contributed by atoms with Gasteiger partial charge < -0.3 is 10.1 Å². The number of carbonyl (C=O) groups is 1. The van der Waals surface area contributed by atoms with E-state index in [1.165, 1.54) is 25.1 Å². The quantitative estimate of drug-likeness (QED) is 0.671. The van der Waals surface area contributed by atoms with Gasteiger partial charge in [-0.05, 0) is 43.7 Å². The number of carbonyl (C=O) groups excluding carboxylic acids is 1. The summed E-state index contributed by atoms with van der Waals surface area (Å²) in [6.45, 7) is 3.22. The number of ether oxygens (including phenoxy) is 1. The smallest absolute Gasteiger partial charge is 0.311 e. The maximum Gasteiger partial charge on any atom is 0.311 e. The number of nitro groups is 1. The van der Waals surface area contributed by atoms with Gasteiger partial charge in [0.1, 0.15) is 0 Å². The first-order valence-electron chi connectivity index (χ1n) is 7.13. The highest BCUT2D eigenvalue weighted by Crippen LogP contribution is 2.28. The minimum Gasteiger partial charge on any atom is -0.474 e. The van der Waals surface area contributed by atoms with Gasteiger partial charge in [-0.3, -0.25) is 14.9 Å². The Bertz CT molecular complexity index is 827. The van der Waals surface area contributed by atoms with Crippen LogP contribution in [-0.2, 0) is 4.79 Å². The van der Waals surface area contributed by atoms with E-state index in [9.17, 15) is 14.9 Å². The average Bonchev–Trinajstić information content (AvgIpc) is 2.56. The predicted octanol–water partition coefficient (Wildman–Crippen LogP) is 3.18. The van der Waals surface area contributed by atoms with Crippen molar-refractivity contribution in [2.24, 2.45) is 0 Å². The SMILES string of the molecule is Cc1ccc(O[C@H](C)C(=O)Nc2cccc(C#N)c2)c([N+](=O)[O-])c1. The number of anilines is 1. The van der Waals surface area contributed by atoms with Gasteiger partial charge >= 0.3 is 5.69 Å². The van der Waals surface area contributed by atoms with Crippen molar-refractivity contribution in [1.82, 2.24) is 0 Å². The Morgan fingerprint density at radius 1 is 1.33 bits per heavy atom. The summed E-state index contributed by atoms with van der Waals surface area (Å²) < 4.78 is 5.43. The number of nitrogens with zero attached hydrogens (tertiary/aromatic N) is 2. The van der Waals surface area contributed by atoms with Gasteiger partial charge in [0, 0.05) is 11.8 Å². The van der Waals surface area contributed by atoms with Crippen LogP contribution >= 0.6 is 0 Å². The molecular formula is C17H15N3O4. The number of benzene rings is 2. The van der Waals surface area contributed by atoms with Gasteiger partial charge in [0.05, 0.1) is 16.6 Å². The molecule has 7 heteroatoms. The van der Waals surface area contributed by atoms with E-state index in [4.69, 9.17) is 10.00 Å². The molecule has 2 aromatic carbocycles. The van der Waals surface area contributed by atoms with E-state index in [2.05, 4.69) is 5.32 Å². The fraction of sp³-hybridized carbons (Fsp3) is 0.176. The number of nitriles is 1. The van der Waals surface area contributed by atoms with Crippen LogP contribution in [0.15, 0.2) is 42.5 Å². The Kier molecular flexibility index (Phi) is 5.12. The molecule has 0 heterocycles. The van der Waals surface area contributed by atoms with Crippen molar-refractivity contribution in [1.29, 1.82) is 5.26 Å². The van der Waals surface area contributed by atoms with Crippen LogP contribution in [0.1, 0.15) is 18.1 Å². The van der Waals surface area contributed by atoms with Gasteiger partial charge in [0.2, 0.25) is 0 Å². The summed E-state index contributed by atoms with van der Waals surface area (Å²) in [5.41, 5.74) is 1.39. The molecule has 122 valence electrons. The Balaban J connectivity index is 2.12. The standard InChI is InChI=1S/C17H15N3O4/c1-11-6-7-16(15(8-11)20(22)23)24-12(2)17(21)19-14-5-3-4-13(9-14)10-18/h3-9,12H,1-2H3,(H,19,21)/t12-/m1/s1. The first-order chi connectivity index (χ1) is 11.4. The molecule has 1 N–H and O–H groups in total. The van der Waals surface area contributed by atoms with Crippen LogP contribution in [0.25, 0.3) is 0 Å². The normalized spacial score (nSPS) is 11.2. The van der Waals surface area contributed by atoms with E-state index >= 15 is 0 Å². The molecular weight excluding hydrogens is 310 g/mol. The lowest BCUT2D eigenvalue weighted by Gasteiger charge is -2.15. The highest BCUT2D eigenvalue weighted by atomic mass is 16.6. The zero-order valence-corrected chi connectivity index (χ0v) is 13.1. The van der Waals surface area contributed by atoms with Crippen molar-refractivity contribution in [3.8, 4) is 11.8 Å². The van der Waals surface area contributed by atoms with E-state index < -0.39 is 16.9 Å². The minimum absolute atomic E-state index is 0.0269. The van der Waals surface area contributed by atoms with Crippen molar-refractivity contribution in [2.45, 2.75) is 20.0 Å². The zero-order chi connectivity index (χ0) is 17.7.